The zero-order valence-corrected chi connectivity index (χ0v) is 9.86. The first kappa shape index (κ1) is 18.7. The summed E-state index contributed by atoms with van der Waals surface area (Å²) >= 11 is 0. The van der Waals surface area contributed by atoms with Gasteiger partial charge in [0.05, 0.1) is 7.11 Å². The third kappa shape index (κ3) is 4.35. The van der Waals surface area contributed by atoms with E-state index in [9.17, 15) is 39.9 Å². The van der Waals surface area contributed by atoms with E-state index in [1.165, 1.54) is 0 Å². The van der Waals surface area contributed by atoms with Crippen LogP contribution in [0.4, 0.5) is 39.9 Å². The minimum atomic E-state index is -6.17. The molecule has 0 aromatic heterocycles. The highest BCUT2D eigenvalue weighted by molar-refractivity contribution is 5.59. The van der Waals surface area contributed by atoms with Crippen molar-refractivity contribution >= 4 is 6.16 Å². The van der Waals surface area contributed by atoms with Crippen LogP contribution in [0.15, 0.2) is 0 Å². The van der Waals surface area contributed by atoms with Crippen LogP contribution in [0.25, 0.3) is 0 Å². The van der Waals surface area contributed by atoms with E-state index < -0.39 is 43.7 Å². The average molecular weight is 320 g/mol. The molecule has 0 aliphatic heterocycles. The van der Waals surface area contributed by atoms with Gasteiger partial charge >= 0.3 is 30.2 Å². The highest BCUT2D eigenvalue weighted by atomic mass is 19.4. The molecular formula is C8H8F8O4. The summed E-state index contributed by atoms with van der Waals surface area (Å²) < 4.78 is 110. The smallest absolute Gasteiger partial charge is 0.438 e. The predicted octanol–water partition coefficient (Wildman–Crippen LogP) is 3.26. The molecule has 0 aromatic carbocycles. The molecule has 12 heteroatoms. The number of methoxy groups -OCH3 is 1. The fourth-order valence-electron chi connectivity index (χ4n) is 0.673. The molecule has 4 nitrogen and oxygen atoms in total. The van der Waals surface area contributed by atoms with Crippen molar-refractivity contribution in [2.45, 2.75) is 31.0 Å². The highest BCUT2D eigenvalue weighted by Crippen LogP contribution is 2.44. The van der Waals surface area contributed by atoms with E-state index in [0.29, 0.717) is 7.11 Å². The molecule has 0 radical (unpaired) electrons. The van der Waals surface area contributed by atoms with Crippen molar-refractivity contribution in [2.75, 3.05) is 13.7 Å². The first-order valence-electron chi connectivity index (χ1n) is 4.58. The van der Waals surface area contributed by atoms with Crippen molar-refractivity contribution in [1.82, 2.24) is 0 Å². The van der Waals surface area contributed by atoms with E-state index in [-0.39, 0.29) is 0 Å². The van der Waals surface area contributed by atoms with Gasteiger partial charge in [0.1, 0.15) is 0 Å². The monoisotopic (exact) mass is 320 g/mol. The zero-order valence-electron chi connectivity index (χ0n) is 9.86. The third-order valence-electron chi connectivity index (χ3n) is 1.77. The van der Waals surface area contributed by atoms with Gasteiger partial charge in [0, 0.05) is 6.92 Å². The number of ether oxygens (including phenoxy) is 3. The molecule has 0 rings (SSSR count). The lowest BCUT2D eigenvalue weighted by atomic mass is 10.3. The lowest BCUT2D eigenvalue weighted by Crippen LogP contribution is -2.55. The minimum Gasteiger partial charge on any atom is -0.438 e. The number of halogens is 8. The first-order chi connectivity index (χ1) is 8.66. The Kier molecular flexibility index (Phi) is 5.21. The third-order valence-corrected chi connectivity index (χ3v) is 1.77. The van der Waals surface area contributed by atoms with Gasteiger partial charge in [0.15, 0.2) is 6.61 Å². The van der Waals surface area contributed by atoms with E-state index in [1.807, 2.05) is 0 Å². The fraction of sp³-hybridized carbons (Fsp3) is 0.875. The van der Waals surface area contributed by atoms with E-state index in [0.717, 1.165) is 0 Å². The number of carbonyl (C=O) groups is 1. The molecule has 0 N–H and O–H groups in total. The summed E-state index contributed by atoms with van der Waals surface area (Å²) in [6.45, 7) is -2.93. The van der Waals surface area contributed by atoms with Crippen molar-refractivity contribution in [2.24, 2.45) is 0 Å². The van der Waals surface area contributed by atoms with Gasteiger partial charge in [-0.2, -0.15) is 35.1 Å². The predicted molar refractivity (Wildman–Crippen MR) is 44.9 cm³/mol. The number of rotatable bonds is 5. The highest BCUT2D eigenvalue weighted by Gasteiger charge is 2.68. The van der Waals surface area contributed by atoms with Gasteiger partial charge in [-0.1, -0.05) is 0 Å². The summed E-state index contributed by atoms with van der Waals surface area (Å²) in [4.78, 5) is 10.4. The standard InChI is InChI=1S/C8H8F8O4/c1-5(9,10)8(15,16)20-6(11,7(12,13)14)3-19-4(17)18-2/h3H2,1-2H3. The number of carbonyl (C=O) groups excluding carboxylic acids is 1. The second-order valence-corrected chi connectivity index (χ2v) is 3.48. The molecule has 120 valence electrons. The van der Waals surface area contributed by atoms with Gasteiger partial charge in [-0.3, -0.25) is 4.74 Å². The van der Waals surface area contributed by atoms with E-state index in [4.69, 9.17) is 0 Å². The second-order valence-electron chi connectivity index (χ2n) is 3.48. The number of hydrogen-bond acceptors (Lipinski definition) is 4. The summed E-state index contributed by atoms with van der Waals surface area (Å²) in [5, 5.41) is 0. The molecule has 1 atom stereocenters. The van der Waals surface area contributed by atoms with Crippen LogP contribution in [0.3, 0.4) is 0 Å². The van der Waals surface area contributed by atoms with Gasteiger partial charge in [-0.15, -0.1) is 0 Å². The van der Waals surface area contributed by atoms with Crippen LogP contribution in [-0.4, -0.2) is 43.9 Å². The van der Waals surface area contributed by atoms with Gasteiger partial charge in [-0.25, -0.2) is 4.79 Å². The lowest BCUT2D eigenvalue weighted by Gasteiger charge is -2.32. The Labute approximate surface area is 106 Å². The first-order valence-corrected chi connectivity index (χ1v) is 4.58. The Bertz CT molecular complexity index is 349. The van der Waals surface area contributed by atoms with Gasteiger partial charge < -0.3 is 9.47 Å². The average Bonchev–Trinajstić information content (AvgIpc) is 2.22. The van der Waals surface area contributed by atoms with Crippen LogP contribution >= 0.6 is 0 Å². The van der Waals surface area contributed by atoms with Crippen molar-refractivity contribution in [3.8, 4) is 0 Å². The maximum atomic E-state index is 13.3. The van der Waals surface area contributed by atoms with Gasteiger partial charge in [0.2, 0.25) is 0 Å². The van der Waals surface area contributed by atoms with Gasteiger partial charge in [0.25, 0.3) is 0 Å². The van der Waals surface area contributed by atoms with Crippen LogP contribution in [-0.2, 0) is 14.2 Å². The summed E-state index contributed by atoms with van der Waals surface area (Å²) in [7, 11) is 0.630. The molecule has 0 heterocycles. The Morgan fingerprint density at radius 3 is 1.75 bits per heavy atom. The van der Waals surface area contributed by atoms with Crippen LogP contribution in [0.5, 0.6) is 0 Å². The molecule has 0 saturated heterocycles. The fourth-order valence-corrected chi connectivity index (χ4v) is 0.673. The van der Waals surface area contributed by atoms with Crippen molar-refractivity contribution in [1.29, 1.82) is 0 Å². The summed E-state index contributed by atoms with van der Waals surface area (Å²) in [6, 6.07) is 0. The molecule has 0 aliphatic carbocycles. The van der Waals surface area contributed by atoms with E-state index in [1.54, 1.807) is 0 Å². The van der Waals surface area contributed by atoms with E-state index >= 15 is 0 Å². The van der Waals surface area contributed by atoms with Crippen molar-refractivity contribution in [3.05, 3.63) is 0 Å². The van der Waals surface area contributed by atoms with Crippen LogP contribution in [0, 0.1) is 0 Å². The SMILES string of the molecule is COC(=O)OCC(F)(OC(F)(F)C(C)(F)F)C(F)(F)F. The quantitative estimate of drug-likeness (QED) is 0.576. The molecule has 1 unspecified atom stereocenters. The minimum absolute atomic E-state index is 0.481. The molecule has 0 amide bonds. The molecule has 0 aromatic rings. The summed E-state index contributed by atoms with van der Waals surface area (Å²) in [5.74, 6) is -10.5. The topological polar surface area (TPSA) is 44.8 Å². The number of hydrogen-bond donors (Lipinski definition) is 0. The van der Waals surface area contributed by atoms with Gasteiger partial charge in [-0.05, 0) is 0 Å². The molecule has 0 bridgehead atoms. The van der Waals surface area contributed by atoms with Crippen LogP contribution in [0.2, 0.25) is 0 Å². The molecule has 0 aliphatic rings. The Balaban J connectivity index is 5.23. The summed E-state index contributed by atoms with van der Waals surface area (Å²) in [6.07, 6.45) is -13.8. The maximum Gasteiger partial charge on any atom is 0.508 e. The normalized spacial score (nSPS) is 16.5. The maximum absolute atomic E-state index is 13.3. The molecule has 0 fully saturated rings. The largest absolute Gasteiger partial charge is 0.508 e. The van der Waals surface area contributed by atoms with Crippen molar-refractivity contribution in [3.63, 3.8) is 0 Å². The lowest BCUT2D eigenvalue weighted by molar-refractivity contribution is -0.452. The van der Waals surface area contributed by atoms with E-state index in [2.05, 4.69) is 14.2 Å². The molecular weight excluding hydrogens is 312 g/mol. The Morgan fingerprint density at radius 1 is 1.00 bits per heavy atom. The Morgan fingerprint density at radius 2 is 1.45 bits per heavy atom. The molecule has 20 heavy (non-hydrogen) atoms. The molecule has 0 spiro atoms. The summed E-state index contributed by atoms with van der Waals surface area (Å²) in [5.41, 5.74) is 0. The second kappa shape index (κ2) is 5.58. The van der Waals surface area contributed by atoms with Crippen molar-refractivity contribution < 1.29 is 54.1 Å². The number of alkyl halides is 8. The van der Waals surface area contributed by atoms with Crippen LogP contribution < -0.4 is 0 Å². The Hall–Kier alpha value is -1.33. The molecule has 0 saturated carbocycles. The zero-order chi connectivity index (χ0) is 16.4. The van der Waals surface area contributed by atoms with Crippen LogP contribution in [0.1, 0.15) is 6.92 Å².